The van der Waals surface area contributed by atoms with Crippen LogP contribution in [0.25, 0.3) is 0 Å². The maximum absolute atomic E-state index is 12.7. The summed E-state index contributed by atoms with van der Waals surface area (Å²) in [6, 6.07) is 10.1. The smallest absolute Gasteiger partial charge is 0.274 e. The summed E-state index contributed by atoms with van der Waals surface area (Å²) in [6.45, 7) is 2.65. The van der Waals surface area contributed by atoms with Gasteiger partial charge in [-0.2, -0.15) is 5.10 Å². The molecule has 1 fully saturated rings. The minimum absolute atomic E-state index is 0.00858. The number of rotatable bonds is 6. The van der Waals surface area contributed by atoms with E-state index >= 15 is 0 Å². The summed E-state index contributed by atoms with van der Waals surface area (Å²) < 4.78 is 5.17. The van der Waals surface area contributed by atoms with Gasteiger partial charge < -0.3 is 9.64 Å². The third-order valence-electron chi connectivity index (χ3n) is 3.99. The van der Waals surface area contributed by atoms with Crippen molar-refractivity contribution in [1.29, 1.82) is 0 Å². The molecule has 116 valence electrons. The van der Waals surface area contributed by atoms with E-state index in [0.717, 1.165) is 36.3 Å². The monoisotopic (exact) mass is 299 g/mol. The lowest BCUT2D eigenvalue weighted by Crippen LogP contribution is -2.32. The quantitative estimate of drug-likeness (QED) is 0.892. The lowest BCUT2D eigenvalue weighted by Gasteiger charge is -2.21. The molecule has 0 unspecified atom stereocenters. The Morgan fingerprint density at radius 3 is 2.64 bits per heavy atom. The van der Waals surface area contributed by atoms with Gasteiger partial charge >= 0.3 is 0 Å². The maximum atomic E-state index is 12.7. The van der Waals surface area contributed by atoms with Gasteiger partial charge in [0.25, 0.3) is 5.91 Å². The molecule has 2 aromatic rings. The van der Waals surface area contributed by atoms with Crippen molar-refractivity contribution in [3.8, 4) is 5.75 Å². The molecule has 1 aliphatic carbocycles. The topological polar surface area (TPSA) is 58.2 Å². The Balaban J connectivity index is 1.75. The van der Waals surface area contributed by atoms with Crippen LogP contribution in [0.2, 0.25) is 0 Å². The van der Waals surface area contributed by atoms with Gasteiger partial charge in [0.05, 0.1) is 7.11 Å². The highest BCUT2D eigenvalue weighted by molar-refractivity contribution is 5.92. The molecule has 1 aliphatic rings. The molecule has 1 aromatic carbocycles. The Hall–Kier alpha value is -2.30. The summed E-state index contributed by atoms with van der Waals surface area (Å²) >= 11 is 0. The van der Waals surface area contributed by atoms with Crippen LogP contribution in [-0.4, -0.2) is 34.2 Å². The number of benzene rings is 1. The predicted molar refractivity (Wildman–Crippen MR) is 83.9 cm³/mol. The number of ether oxygens (including phenoxy) is 1. The number of aromatic amines is 1. The normalized spacial score (nSPS) is 13.9. The molecular formula is C17H21N3O2. The van der Waals surface area contributed by atoms with Gasteiger partial charge in [0, 0.05) is 18.3 Å². The first kappa shape index (κ1) is 14.6. The van der Waals surface area contributed by atoms with Gasteiger partial charge in [-0.05, 0) is 43.0 Å². The molecule has 5 nitrogen and oxygen atoms in total. The summed E-state index contributed by atoms with van der Waals surface area (Å²) in [4.78, 5) is 14.6. The molecule has 0 atom stereocenters. The summed E-state index contributed by atoms with van der Waals surface area (Å²) in [5.41, 5.74) is 2.60. The first-order valence-electron chi connectivity index (χ1n) is 7.69. The van der Waals surface area contributed by atoms with Crippen molar-refractivity contribution < 1.29 is 9.53 Å². The van der Waals surface area contributed by atoms with Crippen LogP contribution in [0.4, 0.5) is 0 Å². The fourth-order valence-electron chi connectivity index (χ4n) is 2.48. The standard InChI is InChI=1S/C17H21N3O2/c1-3-13-10-16(19-18-13)17(21)20(14-6-7-14)11-12-4-8-15(22-2)9-5-12/h4-5,8-10,14H,3,6-7,11H2,1-2H3,(H,18,19). The first-order chi connectivity index (χ1) is 10.7. The number of hydrogen-bond donors (Lipinski definition) is 1. The molecule has 1 aromatic heterocycles. The molecule has 1 heterocycles. The average molecular weight is 299 g/mol. The fraction of sp³-hybridized carbons (Fsp3) is 0.412. The van der Waals surface area contributed by atoms with E-state index < -0.39 is 0 Å². The summed E-state index contributed by atoms with van der Waals surface area (Å²) in [6.07, 6.45) is 3.00. The zero-order valence-electron chi connectivity index (χ0n) is 13.0. The number of hydrogen-bond acceptors (Lipinski definition) is 3. The number of methoxy groups -OCH3 is 1. The Morgan fingerprint density at radius 2 is 2.09 bits per heavy atom. The number of carbonyl (C=O) groups excluding carboxylic acids is 1. The van der Waals surface area contributed by atoms with Gasteiger partial charge in [0.15, 0.2) is 0 Å². The molecule has 0 saturated heterocycles. The number of amides is 1. The van der Waals surface area contributed by atoms with Crippen molar-refractivity contribution in [2.45, 2.75) is 38.8 Å². The first-order valence-corrected chi connectivity index (χ1v) is 7.69. The fourth-order valence-corrected chi connectivity index (χ4v) is 2.48. The number of nitrogens with zero attached hydrogens (tertiary/aromatic N) is 2. The highest BCUT2D eigenvalue weighted by Gasteiger charge is 2.34. The number of carbonyl (C=O) groups is 1. The number of H-pyrrole nitrogens is 1. The van der Waals surface area contributed by atoms with Crippen LogP contribution < -0.4 is 4.74 Å². The molecule has 1 N–H and O–H groups in total. The van der Waals surface area contributed by atoms with Gasteiger partial charge in [-0.1, -0.05) is 19.1 Å². The molecule has 1 saturated carbocycles. The predicted octanol–water partition coefficient (Wildman–Crippen LogP) is 2.79. The Kier molecular flexibility index (Phi) is 4.13. The van der Waals surface area contributed by atoms with Gasteiger partial charge in [-0.3, -0.25) is 9.89 Å². The number of nitrogens with one attached hydrogen (secondary N) is 1. The minimum atomic E-state index is 0.00858. The Bertz CT molecular complexity index is 644. The van der Waals surface area contributed by atoms with Gasteiger partial charge in [-0.25, -0.2) is 0 Å². The van der Waals surface area contributed by atoms with Crippen LogP contribution in [0, 0.1) is 0 Å². The van der Waals surface area contributed by atoms with Crippen LogP contribution in [0.15, 0.2) is 30.3 Å². The van der Waals surface area contributed by atoms with Crippen molar-refractivity contribution in [1.82, 2.24) is 15.1 Å². The number of aromatic nitrogens is 2. The number of aryl methyl sites for hydroxylation is 1. The van der Waals surface area contributed by atoms with E-state index in [4.69, 9.17) is 4.74 Å². The minimum Gasteiger partial charge on any atom is -0.497 e. The highest BCUT2D eigenvalue weighted by Crippen LogP contribution is 2.30. The molecule has 5 heteroatoms. The van der Waals surface area contributed by atoms with Crippen LogP contribution in [-0.2, 0) is 13.0 Å². The van der Waals surface area contributed by atoms with Gasteiger partial charge in [0.2, 0.25) is 0 Å². The third kappa shape index (κ3) is 3.13. The summed E-state index contributed by atoms with van der Waals surface area (Å²) in [5, 5.41) is 7.07. The highest BCUT2D eigenvalue weighted by atomic mass is 16.5. The summed E-state index contributed by atoms with van der Waals surface area (Å²) in [5.74, 6) is 0.835. The van der Waals surface area contributed by atoms with E-state index in [1.165, 1.54) is 0 Å². The molecule has 22 heavy (non-hydrogen) atoms. The van der Waals surface area contributed by atoms with E-state index in [0.29, 0.717) is 18.3 Å². The molecule has 0 bridgehead atoms. The second-order valence-corrected chi connectivity index (χ2v) is 5.64. The second kappa shape index (κ2) is 6.22. The van der Waals surface area contributed by atoms with Crippen LogP contribution in [0.1, 0.15) is 41.5 Å². The van der Waals surface area contributed by atoms with E-state index in [1.807, 2.05) is 42.2 Å². The van der Waals surface area contributed by atoms with E-state index in [9.17, 15) is 4.79 Å². The Labute approximate surface area is 130 Å². The molecule has 0 radical (unpaired) electrons. The molecule has 1 amide bonds. The van der Waals surface area contributed by atoms with Crippen molar-refractivity contribution in [2.24, 2.45) is 0 Å². The Morgan fingerprint density at radius 1 is 1.36 bits per heavy atom. The van der Waals surface area contributed by atoms with E-state index in [1.54, 1.807) is 7.11 Å². The van der Waals surface area contributed by atoms with Crippen molar-refractivity contribution >= 4 is 5.91 Å². The maximum Gasteiger partial charge on any atom is 0.274 e. The average Bonchev–Trinajstić information content (AvgIpc) is 3.28. The molecule has 0 spiro atoms. The van der Waals surface area contributed by atoms with Gasteiger partial charge in [-0.15, -0.1) is 0 Å². The van der Waals surface area contributed by atoms with Crippen molar-refractivity contribution in [3.05, 3.63) is 47.3 Å². The van der Waals surface area contributed by atoms with E-state index in [2.05, 4.69) is 10.2 Å². The molecule has 0 aliphatic heterocycles. The van der Waals surface area contributed by atoms with Crippen LogP contribution in [0.3, 0.4) is 0 Å². The van der Waals surface area contributed by atoms with Crippen LogP contribution >= 0.6 is 0 Å². The van der Waals surface area contributed by atoms with Gasteiger partial charge in [0.1, 0.15) is 11.4 Å². The molecular weight excluding hydrogens is 278 g/mol. The third-order valence-corrected chi connectivity index (χ3v) is 3.99. The second-order valence-electron chi connectivity index (χ2n) is 5.64. The van der Waals surface area contributed by atoms with Crippen molar-refractivity contribution in [3.63, 3.8) is 0 Å². The summed E-state index contributed by atoms with van der Waals surface area (Å²) in [7, 11) is 1.65. The van der Waals surface area contributed by atoms with E-state index in [-0.39, 0.29) is 5.91 Å². The SMILES string of the molecule is CCc1cc(C(=O)N(Cc2ccc(OC)cc2)C2CC2)n[nH]1. The van der Waals surface area contributed by atoms with Crippen molar-refractivity contribution in [2.75, 3.05) is 7.11 Å². The lowest BCUT2D eigenvalue weighted by molar-refractivity contribution is 0.0724. The lowest BCUT2D eigenvalue weighted by atomic mass is 10.2. The van der Waals surface area contributed by atoms with Crippen LogP contribution in [0.5, 0.6) is 5.75 Å². The largest absolute Gasteiger partial charge is 0.497 e. The zero-order valence-corrected chi connectivity index (χ0v) is 13.0. The zero-order chi connectivity index (χ0) is 15.5. The molecule has 3 rings (SSSR count).